The minimum atomic E-state index is 0.456. The van der Waals surface area contributed by atoms with Gasteiger partial charge in [0.1, 0.15) is 0 Å². The Kier molecular flexibility index (Phi) is 3.80. The molecule has 1 nitrogen and oxygen atoms in total. The Morgan fingerprint density at radius 3 is 2.75 bits per heavy atom. The molecule has 1 aliphatic carbocycles. The average Bonchev–Trinajstić information content (AvgIpc) is 2.05. The normalized spacial score (nSPS) is 36.3. The third-order valence-corrected chi connectivity index (χ3v) is 3.17. The van der Waals surface area contributed by atoms with Crippen LogP contribution in [-0.2, 0) is 0 Å². The summed E-state index contributed by atoms with van der Waals surface area (Å²) < 4.78 is 0. The molecule has 3 atom stereocenters. The number of nitrogens with two attached hydrogens (primary N) is 1. The summed E-state index contributed by atoms with van der Waals surface area (Å²) in [6, 6.07) is 0.456. The Morgan fingerprint density at radius 1 is 1.42 bits per heavy atom. The van der Waals surface area contributed by atoms with Crippen LogP contribution in [0, 0.1) is 11.8 Å². The highest BCUT2D eigenvalue weighted by atomic mass is 14.6. The maximum Gasteiger partial charge on any atom is 0.00417 e. The van der Waals surface area contributed by atoms with Crippen molar-refractivity contribution < 1.29 is 0 Å². The third kappa shape index (κ3) is 2.34. The van der Waals surface area contributed by atoms with Crippen LogP contribution < -0.4 is 5.73 Å². The number of hydrogen-bond acceptors (Lipinski definition) is 1. The van der Waals surface area contributed by atoms with Gasteiger partial charge in [-0.25, -0.2) is 0 Å². The SMILES string of the molecule is C=CCC1CC(N)CCC1CC. The zero-order chi connectivity index (χ0) is 8.97. The van der Waals surface area contributed by atoms with Gasteiger partial charge in [-0.15, -0.1) is 6.58 Å². The van der Waals surface area contributed by atoms with Gasteiger partial charge in [-0.3, -0.25) is 0 Å². The molecule has 0 radical (unpaired) electrons. The van der Waals surface area contributed by atoms with E-state index in [4.69, 9.17) is 5.73 Å². The summed E-state index contributed by atoms with van der Waals surface area (Å²) in [6.45, 7) is 6.10. The fraction of sp³-hybridized carbons (Fsp3) is 0.818. The molecule has 0 bridgehead atoms. The molecule has 0 aromatic heterocycles. The lowest BCUT2D eigenvalue weighted by Crippen LogP contribution is -2.32. The van der Waals surface area contributed by atoms with Crippen LogP contribution in [0.15, 0.2) is 12.7 Å². The van der Waals surface area contributed by atoms with Gasteiger partial charge in [0.2, 0.25) is 0 Å². The summed E-state index contributed by atoms with van der Waals surface area (Å²) in [6.07, 6.45) is 8.29. The summed E-state index contributed by atoms with van der Waals surface area (Å²) in [5.74, 6) is 1.72. The van der Waals surface area contributed by atoms with E-state index in [0.29, 0.717) is 6.04 Å². The first kappa shape index (κ1) is 9.79. The van der Waals surface area contributed by atoms with E-state index in [-0.39, 0.29) is 0 Å². The topological polar surface area (TPSA) is 26.0 Å². The van der Waals surface area contributed by atoms with Crippen molar-refractivity contribution in [1.29, 1.82) is 0 Å². The van der Waals surface area contributed by atoms with E-state index in [1.54, 1.807) is 0 Å². The van der Waals surface area contributed by atoms with Crippen LogP contribution in [0.3, 0.4) is 0 Å². The van der Waals surface area contributed by atoms with E-state index in [1.165, 1.54) is 25.7 Å². The van der Waals surface area contributed by atoms with Crippen LogP contribution in [0.2, 0.25) is 0 Å². The average molecular weight is 167 g/mol. The summed E-state index contributed by atoms with van der Waals surface area (Å²) in [5.41, 5.74) is 5.94. The Balaban J connectivity index is 2.45. The van der Waals surface area contributed by atoms with Crippen molar-refractivity contribution >= 4 is 0 Å². The van der Waals surface area contributed by atoms with Gasteiger partial charge in [-0.1, -0.05) is 19.4 Å². The molecule has 1 saturated carbocycles. The largest absolute Gasteiger partial charge is 0.328 e. The number of rotatable bonds is 3. The second kappa shape index (κ2) is 4.66. The molecule has 0 heterocycles. The molecule has 0 aromatic carbocycles. The van der Waals surface area contributed by atoms with Crippen LogP contribution in [0.4, 0.5) is 0 Å². The van der Waals surface area contributed by atoms with Crippen molar-refractivity contribution in [3.8, 4) is 0 Å². The summed E-state index contributed by atoms with van der Waals surface area (Å²) >= 11 is 0. The van der Waals surface area contributed by atoms with Crippen molar-refractivity contribution in [2.75, 3.05) is 0 Å². The highest BCUT2D eigenvalue weighted by molar-refractivity contribution is 4.85. The second-order valence-corrected chi connectivity index (χ2v) is 4.03. The maximum atomic E-state index is 5.94. The van der Waals surface area contributed by atoms with Crippen molar-refractivity contribution in [2.45, 2.75) is 45.1 Å². The molecule has 1 rings (SSSR count). The minimum absolute atomic E-state index is 0.456. The summed E-state index contributed by atoms with van der Waals surface area (Å²) in [7, 11) is 0. The van der Waals surface area contributed by atoms with E-state index in [2.05, 4.69) is 13.5 Å². The molecular formula is C11H21N. The van der Waals surface area contributed by atoms with E-state index in [0.717, 1.165) is 18.3 Å². The highest BCUT2D eigenvalue weighted by Crippen LogP contribution is 2.33. The zero-order valence-corrected chi connectivity index (χ0v) is 8.13. The van der Waals surface area contributed by atoms with Crippen molar-refractivity contribution in [3.05, 3.63) is 12.7 Å². The lowest BCUT2D eigenvalue weighted by Gasteiger charge is -2.33. The fourth-order valence-corrected chi connectivity index (χ4v) is 2.40. The molecule has 70 valence electrons. The Morgan fingerprint density at radius 2 is 2.17 bits per heavy atom. The van der Waals surface area contributed by atoms with E-state index < -0.39 is 0 Å². The summed E-state index contributed by atoms with van der Waals surface area (Å²) in [5, 5.41) is 0. The molecule has 0 saturated heterocycles. The Hall–Kier alpha value is -0.300. The zero-order valence-electron chi connectivity index (χ0n) is 8.13. The van der Waals surface area contributed by atoms with E-state index >= 15 is 0 Å². The summed E-state index contributed by atoms with van der Waals surface area (Å²) in [4.78, 5) is 0. The van der Waals surface area contributed by atoms with Crippen molar-refractivity contribution in [3.63, 3.8) is 0 Å². The molecule has 2 N–H and O–H groups in total. The first-order chi connectivity index (χ1) is 5.77. The van der Waals surface area contributed by atoms with Crippen LogP contribution in [0.5, 0.6) is 0 Å². The van der Waals surface area contributed by atoms with Crippen LogP contribution >= 0.6 is 0 Å². The monoisotopic (exact) mass is 167 g/mol. The maximum absolute atomic E-state index is 5.94. The van der Waals surface area contributed by atoms with Gasteiger partial charge in [-0.2, -0.15) is 0 Å². The van der Waals surface area contributed by atoms with Crippen LogP contribution in [0.25, 0.3) is 0 Å². The second-order valence-electron chi connectivity index (χ2n) is 4.03. The standard InChI is InChI=1S/C11H21N/c1-3-5-10-8-11(12)7-6-9(10)4-2/h3,9-11H,1,4-8,12H2,2H3. The lowest BCUT2D eigenvalue weighted by molar-refractivity contribution is 0.212. The molecular weight excluding hydrogens is 146 g/mol. The molecule has 0 aromatic rings. The fourth-order valence-electron chi connectivity index (χ4n) is 2.40. The molecule has 1 fully saturated rings. The van der Waals surface area contributed by atoms with E-state index in [9.17, 15) is 0 Å². The molecule has 1 heteroatoms. The van der Waals surface area contributed by atoms with Gasteiger partial charge < -0.3 is 5.73 Å². The van der Waals surface area contributed by atoms with Gasteiger partial charge in [-0.05, 0) is 37.5 Å². The molecule has 1 aliphatic rings. The Bertz CT molecular complexity index is 142. The van der Waals surface area contributed by atoms with Gasteiger partial charge in [0.15, 0.2) is 0 Å². The molecule has 3 unspecified atom stereocenters. The van der Waals surface area contributed by atoms with Gasteiger partial charge in [0.25, 0.3) is 0 Å². The predicted octanol–water partition coefficient (Wildman–Crippen LogP) is 2.72. The smallest absolute Gasteiger partial charge is 0.00417 e. The highest BCUT2D eigenvalue weighted by Gasteiger charge is 2.26. The van der Waals surface area contributed by atoms with Crippen LogP contribution in [0.1, 0.15) is 39.0 Å². The quantitative estimate of drug-likeness (QED) is 0.643. The van der Waals surface area contributed by atoms with Crippen LogP contribution in [-0.4, -0.2) is 6.04 Å². The third-order valence-electron chi connectivity index (χ3n) is 3.17. The van der Waals surface area contributed by atoms with Gasteiger partial charge in [0.05, 0.1) is 0 Å². The Labute approximate surface area is 76.0 Å². The predicted molar refractivity (Wildman–Crippen MR) is 53.9 cm³/mol. The first-order valence-corrected chi connectivity index (χ1v) is 5.14. The lowest BCUT2D eigenvalue weighted by atomic mass is 9.74. The molecule has 0 amide bonds. The number of allylic oxidation sites excluding steroid dienone is 1. The molecule has 12 heavy (non-hydrogen) atoms. The number of hydrogen-bond donors (Lipinski definition) is 1. The molecule has 0 spiro atoms. The van der Waals surface area contributed by atoms with Gasteiger partial charge >= 0.3 is 0 Å². The minimum Gasteiger partial charge on any atom is -0.328 e. The van der Waals surface area contributed by atoms with E-state index in [1.807, 2.05) is 6.08 Å². The molecule has 0 aliphatic heterocycles. The van der Waals surface area contributed by atoms with Crippen molar-refractivity contribution in [2.24, 2.45) is 17.6 Å². The van der Waals surface area contributed by atoms with Gasteiger partial charge in [0, 0.05) is 6.04 Å². The van der Waals surface area contributed by atoms with Crippen molar-refractivity contribution in [1.82, 2.24) is 0 Å². The first-order valence-electron chi connectivity index (χ1n) is 5.14.